The predicted octanol–water partition coefficient (Wildman–Crippen LogP) is -15.4. The van der Waals surface area contributed by atoms with Crippen LogP contribution in [0.15, 0.2) is 12.1 Å². The molecule has 0 aliphatic heterocycles. The Hall–Kier alpha value is -3.98. The Bertz CT molecular complexity index is 1820. The van der Waals surface area contributed by atoms with Crippen molar-refractivity contribution in [2.75, 3.05) is 13.1 Å². The molecular weight excluding hydrogens is 709 g/mol. The second kappa shape index (κ2) is 19.6. The Balaban J connectivity index is 2.65. The smallest absolute Gasteiger partial charge is 0.243 e. The topological polar surface area (TPSA) is 265 Å². The third-order valence-corrected chi connectivity index (χ3v) is 12.7. The summed E-state index contributed by atoms with van der Waals surface area (Å²) in [4.78, 5) is 56.1. The number of hydrogen-bond acceptors (Lipinski definition) is 8. The number of phenolic OH excluding ortho intramolecular Hbond substituents is 1. The molecule has 0 bridgehead atoms. The molecule has 57 heavy (non-hydrogen) atoms. The largest absolute Gasteiger partial charge is 0.508 e. The normalized spacial score (nSPS) is 14.0. The Morgan fingerprint density at radius 2 is 1.25 bits per heavy atom. The van der Waals surface area contributed by atoms with Gasteiger partial charge in [-0.25, -0.2) is 0 Å². The van der Waals surface area contributed by atoms with Gasteiger partial charge in [0.25, 0.3) is 0 Å². The highest BCUT2D eigenvalue weighted by Gasteiger charge is 2.43. The average Bonchev–Trinajstić information content (AvgIpc) is 3.10. The molecule has 14 N–H and O–H groups in total. The van der Waals surface area contributed by atoms with Gasteiger partial charge in [-0.3, -0.25) is 24.6 Å². The summed E-state index contributed by atoms with van der Waals surface area (Å²) in [5.74, 6) is -2.71. The number of amides is 4. The number of guanidine groups is 1. The SMILES string of the molecule is Bc1c(B)c(B)c(C(B)(B)[C@H](NC(=O)[C@H](CC(B)(B)C(B)(B)CN)NC(=O)[C@H](Cc2c(C)cc(O)cc2C)NC(=O)[C@H](N)CCCNC(=N)N)C(N)=O)c(B)c1B. The number of benzene rings is 2. The van der Waals surface area contributed by atoms with Crippen LogP contribution in [0.1, 0.15) is 41.5 Å². The standard InChI is InChI=1S/C32H60B11N9O5/c1-11-6-13(53)7-12(2)14(11)8-16(50-26(55)15(45)4-3-5-49-29(47)48)27(56)51-17(9-30(38,39)31(40,41)10-44)28(57)52-24(25(46)54)32(42,43)18-19(33)21(35)23(37)22(36)20(18)34/h6-7,15-17,24,53H,3-5,8-10,33-45H2,1-2H3,(H2,46,54)(H,50,55)(H,51,56)(H,52,57)(H4,47,48,49)/t15-,16+,17+,24-/m1/s1. The van der Waals surface area contributed by atoms with Gasteiger partial charge in [-0.2, -0.15) is 0 Å². The highest BCUT2D eigenvalue weighted by Crippen LogP contribution is 2.44. The summed E-state index contributed by atoms with van der Waals surface area (Å²) in [6.45, 7) is 4.23. The summed E-state index contributed by atoms with van der Waals surface area (Å²) in [7, 11) is 21.8. The molecule has 0 radical (unpaired) electrons. The molecule has 2 aromatic rings. The minimum Gasteiger partial charge on any atom is -0.508 e. The van der Waals surface area contributed by atoms with Crippen LogP contribution in [-0.2, 0) is 30.8 Å². The van der Waals surface area contributed by atoms with Crippen LogP contribution in [0, 0.1) is 19.3 Å². The van der Waals surface area contributed by atoms with Crippen LogP contribution in [0.5, 0.6) is 5.75 Å². The van der Waals surface area contributed by atoms with E-state index in [0.29, 0.717) is 30.6 Å². The zero-order valence-electron chi connectivity index (χ0n) is 36.6. The van der Waals surface area contributed by atoms with Crippen molar-refractivity contribution in [1.29, 1.82) is 5.41 Å². The van der Waals surface area contributed by atoms with Crippen molar-refractivity contribution in [2.24, 2.45) is 22.9 Å². The highest BCUT2D eigenvalue weighted by molar-refractivity contribution is 6.68. The minimum atomic E-state index is -1.19. The zero-order chi connectivity index (χ0) is 44.0. The lowest BCUT2D eigenvalue weighted by Crippen LogP contribution is -2.67. The highest BCUT2D eigenvalue weighted by atomic mass is 16.3. The van der Waals surface area contributed by atoms with E-state index in [2.05, 4.69) is 29.1 Å². The number of carbonyl (C=O) groups is 4. The average molecular weight is 770 g/mol. The zero-order valence-corrected chi connectivity index (χ0v) is 36.6. The van der Waals surface area contributed by atoms with Gasteiger partial charge in [-0.1, -0.05) is 26.9 Å². The first-order chi connectivity index (χ1) is 26.1. The third-order valence-electron chi connectivity index (χ3n) is 12.7. The number of aromatic hydroxyl groups is 1. The first kappa shape index (κ1) is 49.2. The van der Waals surface area contributed by atoms with E-state index in [1.165, 1.54) is 0 Å². The summed E-state index contributed by atoms with van der Waals surface area (Å²) < 4.78 is 0. The maximum atomic E-state index is 14.6. The fourth-order valence-electron chi connectivity index (χ4n) is 7.67. The van der Waals surface area contributed by atoms with Crippen LogP contribution in [-0.4, -0.2) is 158 Å². The van der Waals surface area contributed by atoms with Crippen LogP contribution in [0.4, 0.5) is 0 Å². The van der Waals surface area contributed by atoms with Gasteiger partial charge in [0, 0.05) is 13.0 Å². The van der Waals surface area contributed by atoms with E-state index in [0.717, 1.165) is 38.4 Å². The molecule has 0 heterocycles. The van der Waals surface area contributed by atoms with E-state index in [1.54, 1.807) is 26.0 Å². The summed E-state index contributed by atoms with van der Waals surface area (Å²) in [5.41, 5.74) is 32.3. The van der Waals surface area contributed by atoms with E-state index in [-0.39, 0.29) is 31.0 Å². The molecule has 0 saturated carbocycles. The molecule has 25 heteroatoms. The molecule has 2 rings (SSSR count). The minimum absolute atomic E-state index is 0.0295. The molecule has 0 aromatic heterocycles. The lowest BCUT2D eigenvalue weighted by atomic mass is 9.28. The second-order valence-corrected chi connectivity index (χ2v) is 17.7. The van der Waals surface area contributed by atoms with E-state index >= 15 is 0 Å². The first-order valence-electron chi connectivity index (χ1n) is 19.7. The van der Waals surface area contributed by atoms with E-state index < -0.39 is 63.4 Å². The number of rotatable bonds is 19. The van der Waals surface area contributed by atoms with Crippen molar-refractivity contribution >= 4 is 143 Å². The van der Waals surface area contributed by atoms with Crippen molar-refractivity contribution in [2.45, 2.75) is 79.3 Å². The molecule has 0 spiro atoms. The molecule has 0 fully saturated rings. The number of carbonyl (C=O) groups excluding carboxylic acids is 4. The molecule has 14 nitrogen and oxygen atoms in total. The van der Waals surface area contributed by atoms with Gasteiger partial charge < -0.3 is 49.3 Å². The Morgan fingerprint density at radius 1 is 0.772 bits per heavy atom. The summed E-state index contributed by atoms with van der Waals surface area (Å²) >= 11 is 0. The monoisotopic (exact) mass is 772 g/mol. The Labute approximate surface area is 348 Å². The third kappa shape index (κ3) is 12.0. The van der Waals surface area contributed by atoms with Gasteiger partial charge in [0.05, 0.1) is 37.4 Å². The fraction of sp³-hybridized carbons (Fsp3) is 0.469. The lowest BCUT2D eigenvalue weighted by molar-refractivity contribution is -0.133. The van der Waals surface area contributed by atoms with Crippen molar-refractivity contribution in [3.05, 3.63) is 34.4 Å². The van der Waals surface area contributed by atoms with Crippen molar-refractivity contribution in [3.63, 3.8) is 0 Å². The van der Waals surface area contributed by atoms with Crippen LogP contribution in [0.3, 0.4) is 0 Å². The van der Waals surface area contributed by atoms with Crippen molar-refractivity contribution < 1.29 is 24.3 Å². The molecule has 0 aliphatic carbocycles. The van der Waals surface area contributed by atoms with Crippen molar-refractivity contribution in [1.82, 2.24) is 21.3 Å². The van der Waals surface area contributed by atoms with E-state index in [9.17, 15) is 24.3 Å². The predicted molar refractivity (Wildman–Crippen MR) is 263 cm³/mol. The lowest BCUT2D eigenvalue weighted by Gasteiger charge is -2.44. The van der Waals surface area contributed by atoms with E-state index in [1.807, 2.05) is 78.5 Å². The maximum absolute atomic E-state index is 14.6. The molecule has 4 amide bonds. The van der Waals surface area contributed by atoms with E-state index in [4.69, 9.17) is 28.3 Å². The molecule has 0 saturated heterocycles. The molecule has 0 unspecified atom stereocenters. The quantitative estimate of drug-likeness (QED) is 0.0281. The molecule has 4 atom stereocenters. The number of hydrogen-bond donors (Lipinski definition) is 10. The van der Waals surface area contributed by atoms with Gasteiger partial charge in [0.1, 0.15) is 78.8 Å². The number of nitrogens with two attached hydrogens (primary N) is 4. The van der Waals surface area contributed by atoms with Gasteiger partial charge in [-0.15, -0.1) is 16.4 Å². The van der Waals surface area contributed by atoms with Gasteiger partial charge >= 0.3 is 0 Å². The van der Waals surface area contributed by atoms with Crippen LogP contribution in [0.2, 0.25) is 10.4 Å². The van der Waals surface area contributed by atoms with Crippen molar-refractivity contribution in [3.8, 4) is 5.75 Å². The van der Waals surface area contributed by atoms with Crippen LogP contribution >= 0.6 is 0 Å². The molecule has 2 aromatic carbocycles. The second-order valence-electron chi connectivity index (χ2n) is 17.7. The summed E-state index contributed by atoms with van der Waals surface area (Å²) in [6, 6.07) is -1.37. The molecule has 296 valence electrons. The number of nitrogens with one attached hydrogen (secondary N) is 5. The van der Waals surface area contributed by atoms with Crippen LogP contribution in [0.25, 0.3) is 0 Å². The molecule has 0 aliphatic rings. The Morgan fingerprint density at radius 3 is 1.72 bits per heavy atom. The summed E-state index contributed by atoms with van der Waals surface area (Å²) in [6.07, 6.45) is 0.839. The Kier molecular flexibility index (Phi) is 17.0. The number of aryl methyl sites for hydroxylation is 2. The first-order valence-corrected chi connectivity index (χ1v) is 19.7. The van der Waals surface area contributed by atoms with Gasteiger partial charge in [0.2, 0.25) is 23.6 Å². The van der Waals surface area contributed by atoms with Gasteiger partial charge in [-0.05, 0) is 73.7 Å². The number of phenols is 1. The summed E-state index contributed by atoms with van der Waals surface area (Å²) in [5, 5.41) is 26.9. The van der Waals surface area contributed by atoms with Gasteiger partial charge in [0.15, 0.2) is 5.96 Å². The molecular formula is C32H60B11N9O5. The van der Waals surface area contributed by atoms with Crippen LogP contribution < -0.4 is 71.5 Å². The number of primary amides is 1. The fourth-order valence-corrected chi connectivity index (χ4v) is 7.67. The maximum Gasteiger partial charge on any atom is 0.243 e.